The number of hydrogen-bond donors (Lipinski definition) is 3. The van der Waals surface area contributed by atoms with Crippen molar-refractivity contribution in [2.45, 2.75) is 43.6 Å². The lowest BCUT2D eigenvalue weighted by Crippen LogP contribution is -2.42. The van der Waals surface area contributed by atoms with Crippen LogP contribution >= 0.6 is 0 Å². The topological polar surface area (TPSA) is 61.7 Å². The molecular weight excluding hydrogens is 254 g/mol. The highest BCUT2D eigenvalue weighted by molar-refractivity contribution is 5.43. The number of likely N-dealkylation sites (N-methyl/N-ethyl adjacent to an activating group) is 1. The van der Waals surface area contributed by atoms with Gasteiger partial charge in [0.05, 0.1) is 12.7 Å². The lowest BCUT2D eigenvalue weighted by Gasteiger charge is -2.39. The zero-order chi connectivity index (χ0) is 14.6. The van der Waals surface area contributed by atoms with Crippen LogP contribution in [0.2, 0.25) is 0 Å². The zero-order valence-electron chi connectivity index (χ0n) is 12.4. The molecule has 0 heterocycles. The minimum atomic E-state index is -0.729. The van der Waals surface area contributed by atoms with Crippen molar-refractivity contribution < 1.29 is 14.9 Å². The Morgan fingerprint density at radius 3 is 2.55 bits per heavy atom. The van der Waals surface area contributed by atoms with E-state index < -0.39 is 5.60 Å². The van der Waals surface area contributed by atoms with Crippen LogP contribution in [0.1, 0.15) is 43.6 Å². The first-order chi connectivity index (χ1) is 9.60. The van der Waals surface area contributed by atoms with Gasteiger partial charge in [0.1, 0.15) is 11.5 Å². The van der Waals surface area contributed by atoms with Crippen LogP contribution in [0.3, 0.4) is 0 Å². The van der Waals surface area contributed by atoms with Gasteiger partial charge < -0.3 is 20.3 Å². The standard InChI is InChI=1S/C16H25NO3/c1-17-11-14(16(19)8-4-3-5-9-16)13-7-6-12(20-2)10-15(13)18/h6-7,10,14,17-19H,3-5,8-9,11H2,1-2H3. The third-order valence-electron chi connectivity index (χ3n) is 4.39. The molecule has 0 bridgehead atoms. The second-order valence-corrected chi connectivity index (χ2v) is 5.70. The van der Waals surface area contributed by atoms with Crippen LogP contribution in [0.15, 0.2) is 18.2 Å². The first kappa shape index (κ1) is 15.1. The summed E-state index contributed by atoms with van der Waals surface area (Å²) in [5, 5.41) is 24.4. The van der Waals surface area contributed by atoms with E-state index in [0.29, 0.717) is 12.3 Å². The largest absolute Gasteiger partial charge is 0.508 e. The molecule has 0 radical (unpaired) electrons. The summed E-state index contributed by atoms with van der Waals surface area (Å²) in [6.45, 7) is 0.649. The number of nitrogens with one attached hydrogen (secondary N) is 1. The van der Waals surface area contributed by atoms with Crippen molar-refractivity contribution in [2.24, 2.45) is 0 Å². The summed E-state index contributed by atoms with van der Waals surface area (Å²) in [5.41, 5.74) is 0.0670. The highest BCUT2D eigenvalue weighted by Crippen LogP contribution is 2.42. The van der Waals surface area contributed by atoms with E-state index in [1.165, 1.54) is 6.42 Å². The number of hydrogen-bond acceptors (Lipinski definition) is 4. The van der Waals surface area contributed by atoms with Gasteiger partial charge in [-0.2, -0.15) is 0 Å². The van der Waals surface area contributed by atoms with Gasteiger partial charge in [0.2, 0.25) is 0 Å². The van der Waals surface area contributed by atoms with Gasteiger partial charge in [-0.1, -0.05) is 25.3 Å². The molecule has 0 amide bonds. The fourth-order valence-corrected chi connectivity index (χ4v) is 3.25. The number of phenols is 1. The van der Waals surface area contributed by atoms with E-state index in [4.69, 9.17) is 4.74 Å². The first-order valence-corrected chi connectivity index (χ1v) is 7.34. The van der Waals surface area contributed by atoms with Crippen molar-refractivity contribution in [1.29, 1.82) is 0 Å². The van der Waals surface area contributed by atoms with Crippen LogP contribution in [0, 0.1) is 0 Å². The highest BCUT2D eigenvalue weighted by atomic mass is 16.5. The smallest absolute Gasteiger partial charge is 0.122 e. The minimum Gasteiger partial charge on any atom is -0.508 e. The van der Waals surface area contributed by atoms with Crippen LogP contribution in [-0.4, -0.2) is 36.5 Å². The SMILES string of the molecule is CNCC(c1ccc(OC)cc1O)C1(O)CCCCC1. The molecule has 2 rings (SSSR count). The van der Waals surface area contributed by atoms with Gasteiger partial charge in [0, 0.05) is 24.1 Å². The summed E-state index contributed by atoms with van der Waals surface area (Å²) in [6, 6.07) is 5.32. The van der Waals surface area contributed by atoms with Crippen LogP contribution in [0.4, 0.5) is 0 Å². The van der Waals surface area contributed by atoms with Crippen molar-refractivity contribution in [1.82, 2.24) is 5.32 Å². The van der Waals surface area contributed by atoms with Crippen LogP contribution in [-0.2, 0) is 0 Å². The summed E-state index contributed by atoms with van der Waals surface area (Å²) < 4.78 is 5.12. The van der Waals surface area contributed by atoms with Crippen molar-refractivity contribution >= 4 is 0 Å². The fourth-order valence-electron chi connectivity index (χ4n) is 3.25. The summed E-state index contributed by atoms with van der Waals surface area (Å²) >= 11 is 0. The molecule has 3 N–H and O–H groups in total. The Kier molecular flexibility index (Phi) is 4.89. The highest BCUT2D eigenvalue weighted by Gasteiger charge is 2.39. The number of rotatable bonds is 5. The monoisotopic (exact) mass is 279 g/mol. The van der Waals surface area contributed by atoms with Crippen molar-refractivity contribution in [2.75, 3.05) is 20.7 Å². The molecule has 20 heavy (non-hydrogen) atoms. The van der Waals surface area contributed by atoms with Gasteiger partial charge in [-0.05, 0) is 26.0 Å². The molecule has 0 aliphatic heterocycles. The first-order valence-electron chi connectivity index (χ1n) is 7.34. The maximum Gasteiger partial charge on any atom is 0.122 e. The molecule has 0 spiro atoms. The van der Waals surface area contributed by atoms with E-state index in [9.17, 15) is 10.2 Å². The zero-order valence-corrected chi connectivity index (χ0v) is 12.4. The molecule has 1 atom stereocenters. The van der Waals surface area contributed by atoms with Crippen LogP contribution in [0.25, 0.3) is 0 Å². The lowest BCUT2D eigenvalue weighted by molar-refractivity contribution is -0.0216. The van der Waals surface area contributed by atoms with Gasteiger partial charge >= 0.3 is 0 Å². The lowest BCUT2D eigenvalue weighted by atomic mass is 9.72. The van der Waals surface area contributed by atoms with Crippen molar-refractivity contribution in [3.63, 3.8) is 0 Å². The van der Waals surface area contributed by atoms with E-state index in [1.807, 2.05) is 19.2 Å². The molecular formula is C16H25NO3. The van der Waals surface area contributed by atoms with E-state index >= 15 is 0 Å². The average Bonchev–Trinajstić information content (AvgIpc) is 2.46. The molecule has 1 aliphatic rings. The summed E-state index contributed by atoms with van der Waals surface area (Å²) in [4.78, 5) is 0. The predicted molar refractivity (Wildman–Crippen MR) is 79.4 cm³/mol. The van der Waals surface area contributed by atoms with Gasteiger partial charge in [0.25, 0.3) is 0 Å². The normalized spacial score (nSPS) is 19.6. The Morgan fingerprint density at radius 1 is 1.30 bits per heavy atom. The maximum atomic E-state index is 11.0. The van der Waals surface area contributed by atoms with Gasteiger partial charge in [-0.25, -0.2) is 0 Å². The molecule has 1 aromatic rings. The van der Waals surface area contributed by atoms with Crippen molar-refractivity contribution in [3.05, 3.63) is 23.8 Å². The maximum absolute atomic E-state index is 11.0. The predicted octanol–water partition coefficient (Wildman–Crippen LogP) is 2.40. The van der Waals surface area contributed by atoms with Gasteiger partial charge in [-0.15, -0.1) is 0 Å². The van der Waals surface area contributed by atoms with Crippen LogP contribution < -0.4 is 10.1 Å². The van der Waals surface area contributed by atoms with Crippen LogP contribution in [0.5, 0.6) is 11.5 Å². The minimum absolute atomic E-state index is 0.0984. The number of benzene rings is 1. The second-order valence-electron chi connectivity index (χ2n) is 5.70. The molecule has 1 saturated carbocycles. The van der Waals surface area contributed by atoms with Gasteiger partial charge in [-0.3, -0.25) is 0 Å². The molecule has 4 nitrogen and oxygen atoms in total. The molecule has 1 fully saturated rings. The number of aliphatic hydroxyl groups is 1. The molecule has 1 aliphatic carbocycles. The molecule has 112 valence electrons. The second kappa shape index (κ2) is 6.46. The average molecular weight is 279 g/mol. The Balaban J connectivity index is 2.32. The molecule has 0 aromatic heterocycles. The third-order valence-corrected chi connectivity index (χ3v) is 4.39. The Hall–Kier alpha value is -1.26. The summed E-state index contributed by atoms with van der Waals surface area (Å²) in [5.74, 6) is 0.729. The van der Waals surface area contributed by atoms with Gasteiger partial charge in [0.15, 0.2) is 0 Å². The Morgan fingerprint density at radius 2 is 2.00 bits per heavy atom. The molecule has 0 saturated heterocycles. The summed E-state index contributed by atoms with van der Waals surface area (Å²) in [7, 11) is 3.45. The third kappa shape index (κ3) is 3.07. The Bertz CT molecular complexity index is 441. The van der Waals surface area contributed by atoms with E-state index in [1.54, 1.807) is 13.2 Å². The van der Waals surface area contributed by atoms with Crippen molar-refractivity contribution in [3.8, 4) is 11.5 Å². The molecule has 1 unspecified atom stereocenters. The van der Waals surface area contributed by atoms with E-state index in [-0.39, 0.29) is 11.7 Å². The number of aromatic hydroxyl groups is 1. The number of phenolic OH excluding ortho intramolecular Hbond substituents is 1. The number of methoxy groups -OCH3 is 1. The molecule has 4 heteroatoms. The number of ether oxygens (including phenoxy) is 1. The van der Waals surface area contributed by atoms with E-state index in [2.05, 4.69) is 5.32 Å². The Labute approximate surface area is 120 Å². The summed E-state index contributed by atoms with van der Waals surface area (Å²) in [6.07, 6.45) is 4.88. The quantitative estimate of drug-likeness (QED) is 0.774. The fraction of sp³-hybridized carbons (Fsp3) is 0.625. The van der Waals surface area contributed by atoms with E-state index in [0.717, 1.165) is 31.2 Å². The molecule has 1 aromatic carbocycles.